The molecule has 5 rings (SSSR count). The Balaban J connectivity index is 1.46. The molecular formula is C30H30N4O2S. The summed E-state index contributed by atoms with van der Waals surface area (Å²) >= 11 is 1.55. The quantitative estimate of drug-likeness (QED) is 0.219. The maximum atomic E-state index is 13.8. The van der Waals surface area contributed by atoms with Crippen molar-refractivity contribution in [2.45, 2.75) is 40.2 Å². The largest absolute Gasteiger partial charge is 0.457 e. The first-order chi connectivity index (χ1) is 17.9. The summed E-state index contributed by atoms with van der Waals surface area (Å²) in [5.41, 5.74) is 4.77. The molecule has 0 aliphatic rings. The average molecular weight is 511 g/mol. The van der Waals surface area contributed by atoms with Crippen molar-refractivity contribution in [1.82, 2.24) is 14.8 Å². The number of para-hydroxylation sites is 2. The number of aryl methyl sites for hydroxylation is 2. The number of amides is 1. The topological polar surface area (TPSA) is 60.2 Å². The molecule has 6 nitrogen and oxygen atoms in total. The van der Waals surface area contributed by atoms with Gasteiger partial charge in [-0.2, -0.15) is 5.10 Å². The van der Waals surface area contributed by atoms with Gasteiger partial charge in [0.05, 0.1) is 22.5 Å². The first kappa shape index (κ1) is 24.7. The van der Waals surface area contributed by atoms with Crippen LogP contribution >= 0.6 is 11.3 Å². The fraction of sp³-hybridized carbons (Fsp3) is 0.233. The summed E-state index contributed by atoms with van der Waals surface area (Å²) < 4.78 is 8.93. The number of anilines is 1. The van der Waals surface area contributed by atoms with Crippen LogP contribution < -0.4 is 9.64 Å². The minimum absolute atomic E-state index is 0.0991. The van der Waals surface area contributed by atoms with E-state index in [2.05, 4.69) is 37.1 Å². The van der Waals surface area contributed by atoms with E-state index in [9.17, 15) is 4.79 Å². The smallest absolute Gasteiger partial charge is 0.260 e. The van der Waals surface area contributed by atoms with Gasteiger partial charge in [-0.15, -0.1) is 0 Å². The summed E-state index contributed by atoms with van der Waals surface area (Å²) in [7, 11) is 0. The van der Waals surface area contributed by atoms with Crippen LogP contribution in [0.2, 0.25) is 0 Å². The molecule has 1 amide bonds. The van der Waals surface area contributed by atoms with Gasteiger partial charge in [0.2, 0.25) is 0 Å². The number of thiazole rings is 1. The lowest BCUT2D eigenvalue weighted by Crippen LogP contribution is -2.34. The third-order valence-electron chi connectivity index (χ3n) is 6.26. The van der Waals surface area contributed by atoms with Gasteiger partial charge >= 0.3 is 0 Å². The van der Waals surface area contributed by atoms with Crippen molar-refractivity contribution in [3.05, 3.63) is 101 Å². The van der Waals surface area contributed by atoms with Crippen LogP contribution in [0, 0.1) is 13.8 Å². The van der Waals surface area contributed by atoms with Crippen molar-refractivity contribution in [2.24, 2.45) is 0 Å². The highest BCUT2D eigenvalue weighted by Gasteiger charge is 2.23. The van der Waals surface area contributed by atoms with E-state index in [1.165, 1.54) is 5.56 Å². The van der Waals surface area contributed by atoms with Crippen LogP contribution in [0.1, 0.15) is 47.1 Å². The molecule has 0 aliphatic carbocycles. The third kappa shape index (κ3) is 5.42. The Morgan fingerprint density at radius 2 is 1.70 bits per heavy atom. The van der Waals surface area contributed by atoms with E-state index >= 15 is 0 Å². The van der Waals surface area contributed by atoms with Gasteiger partial charge in [-0.1, -0.05) is 55.5 Å². The average Bonchev–Trinajstić information content (AvgIpc) is 3.46. The van der Waals surface area contributed by atoms with Crippen molar-refractivity contribution in [1.29, 1.82) is 0 Å². The van der Waals surface area contributed by atoms with E-state index in [0.717, 1.165) is 27.4 Å². The lowest BCUT2D eigenvalue weighted by Gasteiger charge is -2.20. The molecule has 0 unspecified atom stereocenters. The van der Waals surface area contributed by atoms with Crippen LogP contribution in [0.5, 0.6) is 11.5 Å². The zero-order valence-corrected chi connectivity index (χ0v) is 22.3. The Morgan fingerprint density at radius 1 is 0.973 bits per heavy atom. The molecule has 0 saturated heterocycles. The Hall–Kier alpha value is -3.97. The van der Waals surface area contributed by atoms with Crippen molar-refractivity contribution in [3.63, 3.8) is 0 Å². The van der Waals surface area contributed by atoms with Gasteiger partial charge in [0.15, 0.2) is 5.13 Å². The van der Waals surface area contributed by atoms with Crippen molar-refractivity contribution >= 4 is 32.6 Å². The van der Waals surface area contributed by atoms with Gasteiger partial charge in [0.25, 0.3) is 5.91 Å². The van der Waals surface area contributed by atoms with Crippen molar-refractivity contribution in [2.75, 3.05) is 11.4 Å². The molecule has 0 atom stereocenters. The number of aromatic nitrogens is 3. The summed E-state index contributed by atoms with van der Waals surface area (Å²) in [5, 5.41) is 5.28. The number of hydrogen-bond donors (Lipinski definition) is 0. The molecule has 0 radical (unpaired) electrons. The Bertz CT molecular complexity index is 1520. The molecular weight excluding hydrogens is 480 g/mol. The molecule has 2 aromatic heterocycles. The van der Waals surface area contributed by atoms with Gasteiger partial charge in [0.1, 0.15) is 11.5 Å². The molecule has 7 heteroatoms. The zero-order valence-electron chi connectivity index (χ0n) is 21.5. The number of hydrogen-bond acceptors (Lipinski definition) is 5. The second-order valence-electron chi connectivity index (χ2n) is 9.39. The Kier molecular flexibility index (Phi) is 7.06. The minimum Gasteiger partial charge on any atom is -0.457 e. The Labute approximate surface area is 221 Å². The molecule has 0 fully saturated rings. The number of carbonyl (C=O) groups excluding carboxylic acids is 1. The lowest BCUT2D eigenvalue weighted by atomic mass is 10.0. The van der Waals surface area contributed by atoms with E-state index < -0.39 is 0 Å². The summed E-state index contributed by atoms with van der Waals surface area (Å²) in [6.45, 7) is 9.38. The molecule has 0 saturated carbocycles. The van der Waals surface area contributed by atoms with Crippen LogP contribution in [0.25, 0.3) is 10.2 Å². The van der Waals surface area contributed by atoms with E-state index in [0.29, 0.717) is 35.5 Å². The van der Waals surface area contributed by atoms with Crippen molar-refractivity contribution < 1.29 is 9.53 Å². The first-order valence-corrected chi connectivity index (χ1v) is 13.3. The highest BCUT2D eigenvalue weighted by Crippen LogP contribution is 2.34. The highest BCUT2D eigenvalue weighted by atomic mass is 32.1. The van der Waals surface area contributed by atoms with Gasteiger partial charge in [-0.05, 0) is 73.9 Å². The summed E-state index contributed by atoms with van der Waals surface area (Å²) in [6, 6.07) is 25.2. The maximum absolute atomic E-state index is 13.8. The molecule has 0 aliphatic heterocycles. The third-order valence-corrected chi connectivity index (χ3v) is 7.30. The predicted molar refractivity (Wildman–Crippen MR) is 150 cm³/mol. The fourth-order valence-electron chi connectivity index (χ4n) is 4.37. The highest BCUT2D eigenvalue weighted by molar-refractivity contribution is 7.22. The fourth-order valence-corrected chi connectivity index (χ4v) is 5.39. The van der Waals surface area contributed by atoms with Gasteiger partial charge < -0.3 is 4.74 Å². The molecule has 0 N–H and O–H groups in total. The lowest BCUT2D eigenvalue weighted by molar-refractivity contribution is 0.0985. The standard InChI is InChI=1S/C30H30N4O2S/c1-20(2)26-11-8-12-27-28(26)31-30(37-27)33(17-18-34-22(4)19-21(3)32-34)29(35)23-13-15-25(16-14-23)36-24-9-6-5-7-10-24/h5-16,19-20H,17-18H2,1-4H3. The van der Waals surface area contributed by atoms with Crippen LogP contribution in [0.3, 0.4) is 0 Å². The van der Waals surface area contributed by atoms with E-state index in [-0.39, 0.29) is 5.91 Å². The predicted octanol–water partition coefficient (Wildman–Crippen LogP) is 7.37. The van der Waals surface area contributed by atoms with E-state index in [1.54, 1.807) is 16.2 Å². The minimum atomic E-state index is -0.0991. The van der Waals surface area contributed by atoms with Gasteiger partial charge in [-0.25, -0.2) is 4.98 Å². The first-order valence-electron chi connectivity index (χ1n) is 12.4. The molecule has 0 bridgehead atoms. The molecule has 2 heterocycles. The monoisotopic (exact) mass is 510 g/mol. The Morgan fingerprint density at radius 3 is 2.38 bits per heavy atom. The number of ether oxygens (including phenoxy) is 1. The van der Waals surface area contributed by atoms with Crippen LogP contribution in [0.4, 0.5) is 5.13 Å². The van der Waals surface area contributed by atoms with Crippen molar-refractivity contribution in [3.8, 4) is 11.5 Å². The SMILES string of the molecule is Cc1cc(C)n(CCN(C(=O)c2ccc(Oc3ccccc3)cc2)c2nc3c(C(C)C)cccc3s2)n1. The maximum Gasteiger partial charge on any atom is 0.260 e. The zero-order chi connectivity index (χ0) is 25.9. The van der Waals surface area contributed by atoms with Gasteiger partial charge in [-0.3, -0.25) is 14.4 Å². The number of benzene rings is 3. The van der Waals surface area contributed by atoms with E-state index in [4.69, 9.17) is 9.72 Å². The number of carbonyl (C=O) groups is 1. The second kappa shape index (κ2) is 10.6. The van der Waals surface area contributed by atoms with Crippen LogP contribution in [-0.2, 0) is 6.54 Å². The van der Waals surface area contributed by atoms with Crippen LogP contribution in [-0.4, -0.2) is 27.2 Å². The molecule has 5 aromatic rings. The molecule has 188 valence electrons. The number of nitrogens with zero attached hydrogens (tertiary/aromatic N) is 4. The summed E-state index contributed by atoms with van der Waals surface area (Å²) in [6.07, 6.45) is 0. The van der Waals surface area contributed by atoms with Crippen LogP contribution in [0.15, 0.2) is 78.9 Å². The second-order valence-corrected chi connectivity index (χ2v) is 10.4. The molecule has 0 spiro atoms. The van der Waals surface area contributed by atoms with E-state index in [1.807, 2.05) is 79.2 Å². The normalized spacial score (nSPS) is 11.3. The summed E-state index contributed by atoms with van der Waals surface area (Å²) in [5.74, 6) is 1.68. The van der Waals surface area contributed by atoms with Gasteiger partial charge in [0, 0.05) is 17.8 Å². The summed E-state index contributed by atoms with van der Waals surface area (Å²) in [4.78, 5) is 20.6. The molecule has 37 heavy (non-hydrogen) atoms. The number of fused-ring (bicyclic) bond motifs is 1. The number of rotatable bonds is 8. The molecule has 3 aromatic carbocycles.